The molecule has 1 unspecified atom stereocenters. The molecule has 1 fully saturated rings. The van der Waals surface area contributed by atoms with Crippen molar-refractivity contribution >= 4 is 5.78 Å². The molecule has 0 saturated carbocycles. The summed E-state index contributed by atoms with van der Waals surface area (Å²) in [6, 6.07) is 1.83. The number of hydrogen-bond donors (Lipinski definition) is 0. The van der Waals surface area contributed by atoms with Crippen LogP contribution >= 0.6 is 0 Å². The molecule has 14 heavy (non-hydrogen) atoms. The Morgan fingerprint density at radius 1 is 1.57 bits per heavy atom. The molecule has 2 rings (SSSR count). The molecular weight excluding hydrogens is 180 g/mol. The zero-order chi connectivity index (χ0) is 9.80. The van der Waals surface area contributed by atoms with E-state index in [1.165, 1.54) is 0 Å². The van der Waals surface area contributed by atoms with Gasteiger partial charge in [-0.3, -0.25) is 4.79 Å². The topological polar surface area (TPSA) is 39.4 Å². The summed E-state index contributed by atoms with van der Waals surface area (Å²) in [7, 11) is 0. The number of carbonyl (C=O) groups excluding carboxylic acids is 1. The van der Waals surface area contributed by atoms with Gasteiger partial charge in [-0.1, -0.05) is 0 Å². The number of ether oxygens (including phenoxy) is 1. The molecule has 0 amide bonds. The SMILES string of the molecule is O=C(Cc1ccoc1)CC1CCCO1. The average Bonchev–Trinajstić information content (AvgIpc) is 2.76. The molecule has 3 nitrogen and oxygen atoms in total. The lowest BCUT2D eigenvalue weighted by Gasteiger charge is -2.06. The Morgan fingerprint density at radius 2 is 2.50 bits per heavy atom. The average molecular weight is 194 g/mol. The van der Waals surface area contributed by atoms with Crippen molar-refractivity contribution < 1.29 is 13.9 Å². The van der Waals surface area contributed by atoms with Crippen LogP contribution < -0.4 is 0 Å². The molecule has 0 bridgehead atoms. The first-order chi connectivity index (χ1) is 6.84. The van der Waals surface area contributed by atoms with E-state index in [9.17, 15) is 4.79 Å². The zero-order valence-corrected chi connectivity index (χ0v) is 8.07. The molecule has 2 heterocycles. The third-order valence-corrected chi connectivity index (χ3v) is 2.46. The molecule has 0 spiro atoms. The first-order valence-corrected chi connectivity index (χ1v) is 4.99. The summed E-state index contributed by atoms with van der Waals surface area (Å²) in [6.07, 6.45) is 6.50. The fourth-order valence-electron chi connectivity index (χ4n) is 1.75. The van der Waals surface area contributed by atoms with Crippen molar-refractivity contribution in [1.29, 1.82) is 0 Å². The van der Waals surface area contributed by atoms with E-state index < -0.39 is 0 Å². The summed E-state index contributed by atoms with van der Waals surface area (Å²) in [5, 5.41) is 0. The Bertz CT molecular complexity index is 283. The summed E-state index contributed by atoms with van der Waals surface area (Å²) in [5.41, 5.74) is 0.952. The maximum Gasteiger partial charge on any atom is 0.139 e. The fraction of sp³-hybridized carbons (Fsp3) is 0.545. The highest BCUT2D eigenvalue weighted by Crippen LogP contribution is 2.16. The van der Waals surface area contributed by atoms with Crippen molar-refractivity contribution in [2.24, 2.45) is 0 Å². The van der Waals surface area contributed by atoms with Crippen LogP contribution in [0.25, 0.3) is 0 Å². The van der Waals surface area contributed by atoms with Crippen LogP contribution in [0.4, 0.5) is 0 Å². The van der Waals surface area contributed by atoms with E-state index in [0.717, 1.165) is 25.0 Å². The van der Waals surface area contributed by atoms with Gasteiger partial charge in [-0.05, 0) is 24.5 Å². The van der Waals surface area contributed by atoms with Crippen molar-refractivity contribution in [3.63, 3.8) is 0 Å². The highest BCUT2D eigenvalue weighted by Gasteiger charge is 2.19. The van der Waals surface area contributed by atoms with Gasteiger partial charge in [0.15, 0.2) is 0 Å². The third-order valence-electron chi connectivity index (χ3n) is 2.46. The molecule has 1 aromatic rings. The van der Waals surface area contributed by atoms with Crippen molar-refractivity contribution in [2.75, 3.05) is 6.61 Å². The highest BCUT2D eigenvalue weighted by atomic mass is 16.5. The Hall–Kier alpha value is -1.09. The van der Waals surface area contributed by atoms with Crippen molar-refractivity contribution in [1.82, 2.24) is 0 Å². The first kappa shape index (κ1) is 9.46. The van der Waals surface area contributed by atoms with Gasteiger partial charge in [0.25, 0.3) is 0 Å². The number of ketones is 1. The second kappa shape index (κ2) is 4.42. The normalized spacial score (nSPS) is 21.3. The summed E-state index contributed by atoms with van der Waals surface area (Å²) in [5.74, 6) is 0.235. The highest BCUT2D eigenvalue weighted by molar-refractivity contribution is 5.81. The smallest absolute Gasteiger partial charge is 0.139 e. The fourth-order valence-corrected chi connectivity index (χ4v) is 1.75. The van der Waals surface area contributed by atoms with Gasteiger partial charge in [0.1, 0.15) is 5.78 Å². The van der Waals surface area contributed by atoms with E-state index in [4.69, 9.17) is 9.15 Å². The molecule has 1 aliphatic rings. The molecular formula is C11H14O3. The minimum Gasteiger partial charge on any atom is -0.472 e. The monoisotopic (exact) mass is 194 g/mol. The molecule has 1 aromatic heterocycles. The van der Waals surface area contributed by atoms with E-state index in [-0.39, 0.29) is 11.9 Å². The van der Waals surface area contributed by atoms with E-state index in [1.807, 2.05) is 6.07 Å². The Balaban J connectivity index is 1.78. The predicted octanol–water partition coefficient (Wildman–Crippen LogP) is 1.96. The molecule has 0 aromatic carbocycles. The third kappa shape index (κ3) is 2.45. The van der Waals surface area contributed by atoms with Crippen LogP contribution in [0.5, 0.6) is 0 Å². The molecule has 0 aliphatic carbocycles. The maximum atomic E-state index is 11.5. The number of hydrogen-bond acceptors (Lipinski definition) is 3. The van der Waals surface area contributed by atoms with E-state index in [2.05, 4.69) is 0 Å². The number of Topliss-reactive ketones (excluding diaryl/α,β-unsaturated/α-hetero) is 1. The standard InChI is InChI=1S/C11H14O3/c12-10(6-9-3-5-13-8-9)7-11-2-1-4-14-11/h3,5,8,11H,1-2,4,6-7H2. The summed E-state index contributed by atoms with van der Waals surface area (Å²) >= 11 is 0. The zero-order valence-electron chi connectivity index (χ0n) is 8.07. The largest absolute Gasteiger partial charge is 0.472 e. The van der Waals surface area contributed by atoms with E-state index >= 15 is 0 Å². The van der Waals surface area contributed by atoms with Crippen LogP contribution in [0.15, 0.2) is 23.0 Å². The van der Waals surface area contributed by atoms with Crippen LogP contribution in [-0.2, 0) is 16.0 Å². The number of furan rings is 1. The van der Waals surface area contributed by atoms with E-state index in [0.29, 0.717) is 12.8 Å². The van der Waals surface area contributed by atoms with Gasteiger partial charge in [-0.25, -0.2) is 0 Å². The minimum atomic E-state index is 0.161. The van der Waals surface area contributed by atoms with Crippen LogP contribution in [0, 0.1) is 0 Å². The predicted molar refractivity (Wildman–Crippen MR) is 51.0 cm³/mol. The molecule has 0 radical (unpaired) electrons. The molecule has 76 valence electrons. The van der Waals surface area contributed by atoms with E-state index in [1.54, 1.807) is 12.5 Å². The molecule has 3 heteroatoms. The quantitative estimate of drug-likeness (QED) is 0.735. The summed E-state index contributed by atoms with van der Waals surface area (Å²) in [6.45, 7) is 0.809. The van der Waals surface area contributed by atoms with Crippen molar-refractivity contribution in [2.45, 2.75) is 31.8 Å². The second-order valence-electron chi connectivity index (χ2n) is 3.69. The van der Waals surface area contributed by atoms with Gasteiger partial charge in [-0.2, -0.15) is 0 Å². The van der Waals surface area contributed by atoms with Gasteiger partial charge >= 0.3 is 0 Å². The Labute approximate surface area is 83.0 Å². The number of carbonyl (C=O) groups is 1. The van der Waals surface area contributed by atoms with Crippen LogP contribution in [0.1, 0.15) is 24.8 Å². The minimum absolute atomic E-state index is 0.161. The van der Waals surface area contributed by atoms with Gasteiger partial charge in [-0.15, -0.1) is 0 Å². The van der Waals surface area contributed by atoms with Gasteiger partial charge in [0.05, 0.1) is 18.6 Å². The molecule has 1 atom stereocenters. The van der Waals surface area contributed by atoms with Crippen LogP contribution in [-0.4, -0.2) is 18.5 Å². The lowest BCUT2D eigenvalue weighted by molar-refractivity contribution is -0.120. The Kier molecular flexibility index (Phi) is 2.99. The summed E-state index contributed by atoms with van der Waals surface area (Å²) in [4.78, 5) is 11.5. The number of rotatable bonds is 4. The van der Waals surface area contributed by atoms with Crippen LogP contribution in [0.3, 0.4) is 0 Å². The lowest BCUT2D eigenvalue weighted by Crippen LogP contribution is -2.13. The second-order valence-corrected chi connectivity index (χ2v) is 3.69. The molecule has 1 saturated heterocycles. The Morgan fingerprint density at radius 3 is 3.14 bits per heavy atom. The van der Waals surface area contributed by atoms with Gasteiger partial charge in [0.2, 0.25) is 0 Å². The first-order valence-electron chi connectivity index (χ1n) is 4.99. The van der Waals surface area contributed by atoms with Crippen molar-refractivity contribution in [3.05, 3.63) is 24.2 Å². The molecule has 1 aliphatic heterocycles. The van der Waals surface area contributed by atoms with Crippen molar-refractivity contribution in [3.8, 4) is 0 Å². The lowest BCUT2D eigenvalue weighted by atomic mass is 10.1. The van der Waals surface area contributed by atoms with Gasteiger partial charge in [0, 0.05) is 19.4 Å². The molecule has 0 N–H and O–H groups in total. The van der Waals surface area contributed by atoms with Crippen LogP contribution in [0.2, 0.25) is 0 Å². The maximum absolute atomic E-state index is 11.5. The summed E-state index contributed by atoms with van der Waals surface area (Å²) < 4.78 is 10.3. The van der Waals surface area contributed by atoms with Gasteiger partial charge < -0.3 is 9.15 Å².